The molecule has 1 saturated heterocycles. The monoisotopic (exact) mass is 217 g/mol. The van der Waals surface area contributed by atoms with E-state index in [0.29, 0.717) is 5.56 Å². The molecule has 0 spiro atoms. The number of aryl methyl sites for hydroxylation is 1. The van der Waals surface area contributed by atoms with Gasteiger partial charge in [-0.3, -0.25) is 0 Å². The lowest BCUT2D eigenvalue weighted by atomic mass is 10.1. The molecular weight excluding hydrogens is 202 g/mol. The van der Waals surface area contributed by atoms with Crippen LogP contribution in [0.1, 0.15) is 24.0 Å². The summed E-state index contributed by atoms with van der Waals surface area (Å²) in [5.41, 5.74) is 1.67. The van der Waals surface area contributed by atoms with Crippen molar-refractivity contribution in [1.82, 2.24) is 0 Å². The molecule has 3 nitrogen and oxygen atoms in total. The number of hydrogen-bond donors (Lipinski definition) is 0. The van der Waals surface area contributed by atoms with Crippen molar-refractivity contribution in [3.05, 3.63) is 29.3 Å². The van der Waals surface area contributed by atoms with Crippen LogP contribution in [0.4, 0.5) is 0 Å². The highest BCUT2D eigenvalue weighted by Crippen LogP contribution is 2.20. The van der Waals surface area contributed by atoms with E-state index in [0.717, 1.165) is 37.4 Å². The second-order valence-electron chi connectivity index (χ2n) is 4.02. The minimum absolute atomic E-state index is 0.251. The van der Waals surface area contributed by atoms with E-state index in [2.05, 4.69) is 6.07 Å². The molecule has 2 rings (SSSR count). The van der Waals surface area contributed by atoms with Gasteiger partial charge >= 0.3 is 0 Å². The van der Waals surface area contributed by atoms with Crippen LogP contribution in [-0.4, -0.2) is 19.3 Å². The Morgan fingerprint density at radius 2 is 2.12 bits per heavy atom. The van der Waals surface area contributed by atoms with E-state index in [-0.39, 0.29) is 6.10 Å². The molecule has 1 fully saturated rings. The SMILES string of the molecule is Cc1cc(OC2CCOCC2)ccc1C#N. The summed E-state index contributed by atoms with van der Waals surface area (Å²) >= 11 is 0. The first-order valence-electron chi connectivity index (χ1n) is 5.55. The van der Waals surface area contributed by atoms with Crippen molar-refractivity contribution < 1.29 is 9.47 Å². The van der Waals surface area contributed by atoms with Crippen molar-refractivity contribution in [3.8, 4) is 11.8 Å². The molecule has 0 amide bonds. The zero-order valence-corrected chi connectivity index (χ0v) is 9.40. The molecule has 16 heavy (non-hydrogen) atoms. The van der Waals surface area contributed by atoms with E-state index < -0.39 is 0 Å². The maximum absolute atomic E-state index is 8.82. The van der Waals surface area contributed by atoms with Gasteiger partial charge in [0, 0.05) is 12.8 Å². The lowest BCUT2D eigenvalue weighted by Gasteiger charge is -2.23. The molecule has 0 aromatic heterocycles. The highest BCUT2D eigenvalue weighted by atomic mass is 16.5. The molecule has 1 aromatic rings. The minimum Gasteiger partial charge on any atom is -0.490 e. The number of rotatable bonds is 2. The van der Waals surface area contributed by atoms with Crippen LogP contribution >= 0.6 is 0 Å². The summed E-state index contributed by atoms with van der Waals surface area (Å²) in [6.45, 7) is 3.48. The van der Waals surface area contributed by atoms with Gasteiger partial charge in [0.15, 0.2) is 0 Å². The Kier molecular flexibility index (Phi) is 3.43. The molecule has 1 aliphatic rings. The average Bonchev–Trinajstić information content (AvgIpc) is 2.31. The summed E-state index contributed by atoms with van der Waals surface area (Å²) in [7, 11) is 0. The number of ether oxygens (including phenoxy) is 2. The molecule has 3 heteroatoms. The van der Waals surface area contributed by atoms with Crippen molar-refractivity contribution in [2.24, 2.45) is 0 Å². The Morgan fingerprint density at radius 3 is 2.75 bits per heavy atom. The summed E-state index contributed by atoms with van der Waals surface area (Å²) in [6.07, 6.45) is 2.14. The van der Waals surface area contributed by atoms with Crippen molar-refractivity contribution in [2.45, 2.75) is 25.9 Å². The summed E-state index contributed by atoms with van der Waals surface area (Å²) in [4.78, 5) is 0. The highest BCUT2D eigenvalue weighted by molar-refractivity contribution is 5.41. The number of nitriles is 1. The largest absolute Gasteiger partial charge is 0.490 e. The van der Waals surface area contributed by atoms with Crippen LogP contribution in [0.2, 0.25) is 0 Å². The van der Waals surface area contributed by atoms with Gasteiger partial charge in [-0.15, -0.1) is 0 Å². The minimum atomic E-state index is 0.251. The second kappa shape index (κ2) is 5.00. The Labute approximate surface area is 95.6 Å². The first kappa shape index (κ1) is 11.0. The quantitative estimate of drug-likeness (QED) is 0.764. The van der Waals surface area contributed by atoms with E-state index in [1.165, 1.54) is 0 Å². The van der Waals surface area contributed by atoms with Gasteiger partial charge in [-0.1, -0.05) is 0 Å². The third-order valence-electron chi connectivity index (χ3n) is 2.79. The van der Waals surface area contributed by atoms with Crippen LogP contribution in [0, 0.1) is 18.3 Å². The molecule has 0 unspecified atom stereocenters. The lowest BCUT2D eigenvalue weighted by molar-refractivity contribution is 0.0255. The van der Waals surface area contributed by atoms with Gasteiger partial charge in [0.1, 0.15) is 11.9 Å². The fourth-order valence-electron chi connectivity index (χ4n) is 1.82. The number of nitrogens with zero attached hydrogens (tertiary/aromatic N) is 1. The van der Waals surface area contributed by atoms with Gasteiger partial charge in [-0.05, 0) is 30.7 Å². The predicted octanol–water partition coefficient (Wildman–Crippen LogP) is 2.42. The van der Waals surface area contributed by atoms with E-state index in [1.54, 1.807) is 0 Å². The van der Waals surface area contributed by atoms with Crippen LogP contribution in [0.25, 0.3) is 0 Å². The van der Waals surface area contributed by atoms with Gasteiger partial charge in [0.25, 0.3) is 0 Å². The van der Waals surface area contributed by atoms with Crippen LogP contribution in [0.3, 0.4) is 0 Å². The first-order chi connectivity index (χ1) is 7.79. The van der Waals surface area contributed by atoms with Crippen LogP contribution in [-0.2, 0) is 4.74 Å². The van der Waals surface area contributed by atoms with Gasteiger partial charge in [0.05, 0.1) is 24.8 Å². The summed E-state index contributed by atoms with van der Waals surface area (Å²) < 4.78 is 11.1. The summed E-state index contributed by atoms with van der Waals surface area (Å²) in [5, 5.41) is 8.82. The summed E-state index contributed by atoms with van der Waals surface area (Å²) in [5.74, 6) is 0.850. The Morgan fingerprint density at radius 1 is 1.38 bits per heavy atom. The van der Waals surface area contributed by atoms with Crippen molar-refractivity contribution in [1.29, 1.82) is 5.26 Å². The topological polar surface area (TPSA) is 42.2 Å². The molecule has 84 valence electrons. The van der Waals surface area contributed by atoms with Crippen LogP contribution < -0.4 is 4.74 Å². The van der Waals surface area contributed by atoms with Gasteiger partial charge < -0.3 is 9.47 Å². The number of hydrogen-bond acceptors (Lipinski definition) is 3. The van der Waals surface area contributed by atoms with E-state index in [4.69, 9.17) is 14.7 Å². The average molecular weight is 217 g/mol. The maximum atomic E-state index is 8.82. The number of benzene rings is 1. The molecule has 0 radical (unpaired) electrons. The normalized spacial score (nSPS) is 16.8. The molecule has 0 N–H and O–H groups in total. The van der Waals surface area contributed by atoms with Gasteiger partial charge in [-0.25, -0.2) is 0 Å². The van der Waals surface area contributed by atoms with Crippen molar-refractivity contribution in [3.63, 3.8) is 0 Å². The fourth-order valence-corrected chi connectivity index (χ4v) is 1.82. The third kappa shape index (κ3) is 2.53. The van der Waals surface area contributed by atoms with Gasteiger partial charge in [-0.2, -0.15) is 5.26 Å². The molecule has 0 aliphatic carbocycles. The van der Waals surface area contributed by atoms with Crippen molar-refractivity contribution in [2.75, 3.05) is 13.2 Å². The molecule has 0 bridgehead atoms. The molecule has 1 heterocycles. The van der Waals surface area contributed by atoms with E-state index in [1.807, 2.05) is 25.1 Å². The Hall–Kier alpha value is -1.53. The van der Waals surface area contributed by atoms with E-state index in [9.17, 15) is 0 Å². The predicted molar refractivity (Wildman–Crippen MR) is 60.4 cm³/mol. The zero-order valence-electron chi connectivity index (χ0n) is 9.40. The molecule has 0 saturated carbocycles. The third-order valence-corrected chi connectivity index (χ3v) is 2.79. The maximum Gasteiger partial charge on any atom is 0.120 e. The molecule has 0 atom stereocenters. The Bertz CT molecular complexity index is 403. The standard InChI is InChI=1S/C13H15NO2/c1-10-8-13(3-2-11(10)9-14)16-12-4-6-15-7-5-12/h2-3,8,12H,4-7H2,1H3. The highest BCUT2D eigenvalue weighted by Gasteiger charge is 2.15. The zero-order chi connectivity index (χ0) is 11.4. The Balaban J connectivity index is 2.04. The van der Waals surface area contributed by atoms with Crippen molar-refractivity contribution >= 4 is 0 Å². The molecular formula is C13H15NO2. The smallest absolute Gasteiger partial charge is 0.120 e. The van der Waals surface area contributed by atoms with Crippen LogP contribution in [0.15, 0.2) is 18.2 Å². The first-order valence-corrected chi connectivity index (χ1v) is 5.55. The molecule has 1 aromatic carbocycles. The lowest BCUT2D eigenvalue weighted by Crippen LogP contribution is -2.25. The van der Waals surface area contributed by atoms with Gasteiger partial charge in [0.2, 0.25) is 0 Å². The fraction of sp³-hybridized carbons (Fsp3) is 0.462. The molecule has 1 aliphatic heterocycles. The summed E-state index contributed by atoms with van der Waals surface area (Å²) in [6, 6.07) is 7.75. The van der Waals surface area contributed by atoms with Crippen LogP contribution in [0.5, 0.6) is 5.75 Å². The second-order valence-corrected chi connectivity index (χ2v) is 4.02. The van der Waals surface area contributed by atoms with E-state index >= 15 is 0 Å².